The van der Waals surface area contributed by atoms with Crippen molar-refractivity contribution in [2.75, 3.05) is 11.9 Å². The smallest absolute Gasteiger partial charge is 0.271 e. The van der Waals surface area contributed by atoms with Crippen LogP contribution in [0.1, 0.15) is 12.5 Å². The van der Waals surface area contributed by atoms with E-state index >= 15 is 0 Å². The molecule has 0 aromatic heterocycles. The van der Waals surface area contributed by atoms with Gasteiger partial charge in [0.1, 0.15) is 0 Å². The number of nitrogens with one attached hydrogen (secondary N) is 1. The first-order valence-electron chi connectivity index (χ1n) is 4.13. The maximum absolute atomic E-state index is 10.5. The molecule has 0 saturated heterocycles. The molecular formula is C9H12N2O2. The van der Waals surface area contributed by atoms with E-state index in [1.165, 1.54) is 6.07 Å². The second kappa shape index (κ2) is 3.89. The number of aryl methyl sites for hydroxylation is 1. The summed E-state index contributed by atoms with van der Waals surface area (Å²) in [6.45, 7) is 4.56. The molecule has 0 aliphatic carbocycles. The zero-order chi connectivity index (χ0) is 9.84. The van der Waals surface area contributed by atoms with Crippen LogP contribution < -0.4 is 5.32 Å². The van der Waals surface area contributed by atoms with Gasteiger partial charge in [-0.2, -0.15) is 0 Å². The molecule has 0 heterocycles. The summed E-state index contributed by atoms with van der Waals surface area (Å²) in [7, 11) is 0. The summed E-state index contributed by atoms with van der Waals surface area (Å²) < 4.78 is 0. The van der Waals surface area contributed by atoms with Crippen LogP contribution in [0.3, 0.4) is 0 Å². The normalized spacial score (nSPS) is 9.69. The molecule has 1 aromatic carbocycles. The van der Waals surface area contributed by atoms with E-state index in [0.717, 1.165) is 17.8 Å². The van der Waals surface area contributed by atoms with Crippen molar-refractivity contribution in [2.24, 2.45) is 0 Å². The number of nitro benzene ring substituents is 1. The van der Waals surface area contributed by atoms with Crippen molar-refractivity contribution in [3.63, 3.8) is 0 Å². The van der Waals surface area contributed by atoms with Crippen LogP contribution in [0.5, 0.6) is 0 Å². The minimum absolute atomic E-state index is 0.135. The van der Waals surface area contributed by atoms with E-state index in [2.05, 4.69) is 5.32 Å². The lowest BCUT2D eigenvalue weighted by Gasteiger charge is -2.03. The standard InChI is InChI=1S/C9H12N2O2/c1-3-10-8-4-7(2)5-9(6-8)11(12)13/h4-6,10H,3H2,1-2H3. The zero-order valence-electron chi connectivity index (χ0n) is 7.70. The second-order valence-electron chi connectivity index (χ2n) is 2.84. The van der Waals surface area contributed by atoms with Crippen LogP contribution in [-0.2, 0) is 0 Å². The first-order chi connectivity index (χ1) is 6.13. The summed E-state index contributed by atoms with van der Waals surface area (Å²) in [6, 6.07) is 4.98. The molecule has 0 aliphatic heterocycles. The van der Waals surface area contributed by atoms with Gasteiger partial charge in [-0.3, -0.25) is 10.1 Å². The molecule has 0 amide bonds. The number of hydrogen-bond donors (Lipinski definition) is 1. The van der Waals surface area contributed by atoms with Gasteiger partial charge in [-0.25, -0.2) is 0 Å². The van der Waals surface area contributed by atoms with Crippen LogP contribution >= 0.6 is 0 Å². The van der Waals surface area contributed by atoms with Crippen LogP contribution in [0.25, 0.3) is 0 Å². The van der Waals surface area contributed by atoms with Gasteiger partial charge in [0.15, 0.2) is 0 Å². The van der Waals surface area contributed by atoms with E-state index in [0.29, 0.717) is 0 Å². The summed E-state index contributed by atoms with van der Waals surface area (Å²) >= 11 is 0. The molecule has 1 aromatic rings. The Bertz CT molecular complexity index is 323. The highest BCUT2D eigenvalue weighted by molar-refractivity contribution is 5.53. The van der Waals surface area contributed by atoms with E-state index in [9.17, 15) is 10.1 Å². The Balaban J connectivity index is 3.03. The Morgan fingerprint density at radius 2 is 2.15 bits per heavy atom. The first-order valence-corrected chi connectivity index (χ1v) is 4.13. The summed E-state index contributed by atoms with van der Waals surface area (Å²) in [4.78, 5) is 10.1. The minimum Gasteiger partial charge on any atom is -0.385 e. The average Bonchev–Trinajstić information content (AvgIpc) is 2.03. The van der Waals surface area contributed by atoms with Gasteiger partial charge in [0.2, 0.25) is 0 Å². The predicted octanol–water partition coefficient (Wildman–Crippen LogP) is 2.34. The predicted molar refractivity (Wildman–Crippen MR) is 52.0 cm³/mol. The molecule has 1 rings (SSSR count). The summed E-state index contributed by atoms with van der Waals surface area (Å²) in [5.41, 5.74) is 1.83. The summed E-state index contributed by atoms with van der Waals surface area (Å²) in [6.07, 6.45) is 0. The highest BCUT2D eigenvalue weighted by Gasteiger charge is 2.06. The van der Waals surface area contributed by atoms with E-state index < -0.39 is 0 Å². The van der Waals surface area contributed by atoms with Gasteiger partial charge in [-0.15, -0.1) is 0 Å². The zero-order valence-corrected chi connectivity index (χ0v) is 7.70. The molecule has 0 radical (unpaired) electrons. The molecule has 0 saturated carbocycles. The minimum atomic E-state index is -0.381. The lowest BCUT2D eigenvalue weighted by Crippen LogP contribution is -1.98. The van der Waals surface area contributed by atoms with Crippen molar-refractivity contribution in [3.05, 3.63) is 33.9 Å². The maximum atomic E-state index is 10.5. The fourth-order valence-corrected chi connectivity index (χ4v) is 1.17. The number of nitrogens with zero attached hydrogens (tertiary/aromatic N) is 1. The molecule has 0 fully saturated rings. The van der Waals surface area contributed by atoms with Crippen LogP contribution in [0.2, 0.25) is 0 Å². The molecule has 0 aliphatic rings. The fraction of sp³-hybridized carbons (Fsp3) is 0.333. The number of nitro groups is 1. The number of hydrogen-bond acceptors (Lipinski definition) is 3. The first kappa shape index (κ1) is 9.51. The lowest BCUT2D eigenvalue weighted by molar-refractivity contribution is -0.384. The third-order valence-corrected chi connectivity index (χ3v) is 1.65. The van der Waals surface area contributed by atoms with Gasteiger partial charge in [0, 0.05) is 24.4 Å². The third-order valence-electron chi connectivity index (χ3n) is 1.65. The number of rotatable bonds is 3. The Hall–Kier alpha value is -1.58. The molecule has 1 N–H and O–H groups in total. The summed E-state index contributed by atoms with van der Waals surface area (Å²) in [5, 5.41) is 13.5. The molecular weight excluding hydrogens is 168 g/mol. The van der Waals surface area contributed by atoms with Crippen LogP contribution in [0, 0.1) is 17.0 Å². The lowest BCUT2D eigenvalue weighted by atomic mass is 10.2. The van der Waals surface area contributed by atoms with Crippen molar-refractivity contribution >= 4 is 11.4 Å². The Kier molecular flexibility index (Phi) is 2.84. The van der Waals surface area contributed by atoms with E-state index in [-0.39, 0.29) is 10.6 Å². The van der Waals surface area contributed by atoms with Crippen molar-refractivity contribution < 1.29 is 4.92 Å². The topological polar surface area (TPSA) is 55.2 Å². The Morgan fingerprint density at radius 1 is 1.46 bits per heavy atom. The van der Waals surface area contributed by atoms with E-state index in [4.69, 9.17) is 0 Å². The molecule has 4 heteroatoms. The second-order valence-corrected chi connectivity index (χ2v) is 2.84. The van der Waals surface area contributed by atoms with E-state index in [1.54, 1.807) is 6.07 Å². The molecule has 0 spiro atoms. The van der Waals surface area contributed by atoms with Gasteiger partial charge in [0.25, 0.3) is 5.69 Å². The van der Waals surface area contributed by atoms with Crippen LogP contribution in [0.15, 0.2) is 18.2 Å². The summed E-state index contributed by atoms with van der Waals surface area (Å²) in [5.74, 6) is 0. The van der Waals surface area contributed by atoms with Gasteiger partial charge in [-0.05, 0) is 25.5 Å². The van der Waals surface area contributed by atoms with Crippen molar-refractivity contribution in [1.29, 1.82) is 0 Å². The number of non-ortho nitro benzene ring substituents is 1. The highest BCUT2D eigenvalue weighted by atomic mass is 16.6. The molecule has 70 valence electrons. The highest BCUT2D eigenvalue weighted by Crippen LogP contribution is 2.19. The van der Waals surface area contributed by atoms with Crippen LogP contribution in [0.4, 0.5) is 11.4 Å². The fourth-order valence-electron chi connectivity index (χ4n) is 1.17. The largest absolute Gasteiger partial charge is 0.385 e. The third kappa shape index (κ3) is 2.43. The quantitative estimate of drug-likeness (QED) is 0.573. The van der Waals surface area contributed by atoms with Gasteiger partial charge in [0.05, 0.1) is 4.92 Å². The molecule has 4 nitrogen and oxygen atoms in total. The molecule has 0 bridgehead atoms. The molecule has 0 unspecified atom stereocenters. The van der Waals surface area contributed by atoms with Gasteiger partial charge < -0.3 is 5.32 Å². The SMILES string of the molecule is CCNc1cc(C)cc([N+](=O)[O-])c1. The van der Waals surface area contributed by atoms with Crippen molar-refractivity contribution in [1.82, 2.24) is 0 Å². The number of anilines is 1. The monoisotopic (exact) mass is 180 g/mol. The van der Waals surface area contributed by atoms with Gasteiger partial charge >= 0.3 is 0 Å². The Morgan fingerprint density at radius 3 is 2.69 bits per heavy atom. The molecule has 0 atom stereocenters. The van der Waals surface area contributed by atoms with Crippen LogP contribution in [-0.4, -0.2) is 11.5 Å². The average molecular weight is 180 g/mol. The molecule has 13 heavy (non-hydrogen) atoms. The Labute approximate surface area is 76.7 Å². The van der Waals surface area contributed by atoms with Crippen molar-refractivity contribution in [2.45, 2.75) is 13.8 Å². The number of benzene rings is 1. The van der Waals surface area contributed by atoms with Gasteiger partial charge in [-0.1, -0.05) is 0 Å². The maximum Gasteiger partial charge on any atom is 0.271 e. The van der Waals surface area contributed by atoms with E-state index in [1.807, 2.05) is 19.9 Å². The van der Waals surface area contributed by atoms with Crippen molar-refractivity contribution in [3.8, 4) is 0 Å².